The third-order valence-electron chi connectivity index (χ3n) is 4.22. The van der Waals surface area contributed by atoms with Gasteiger partial charge < -0.3 is 10.1 Å². The van der Waals surface area contributed by atoms with Crippen molar-refractivity contribution in [3.63, 3.8) is 0 Å². The van der Waals surface area contributed by atoms with E-state index in [4.69, 9.17) is 4.74 Å². The van der Waals surface area contributed by atoms with Crippen LogP contribution in [0.4, 0.5) is 11.4 Å². The lowest BCUT2D eigenvalue weighted by molar-refractivity contribution is -0.118. The van der Waals surface area contributed by atoms with Gasteiger partial charge in [0.2, 0.25) is 0 Å². The normalized spacial score (nSPS) is 16.0. The Hall–Kier alpha value is -2.80. The summed E-state index contributed by atoms with van der Waals surface area (Å²) >= 11 is 0. The first-order valence-corrected chi connectivity index (χ1v) is 9.38. The van der Waals surface area contributed by atoms with E-state index < -0.39 is 10.0 Å². The van der Waals surface area contributed by atoms with Crippen LogP contribution in [-0.2, 0) is 21.2 Å². The predicted molar refractivity (Wildman–Crippen MR) is 95.8 cm³/mol. The maximum absolute atomic E-state index is 12.7. The number of sulfonamides is 1. The van der Waals surface area contributed by atoms with E-state index in [-0.39, 0.29) is 12.5 Å². The summed E-state index contributed by atoms with van der Waals surface area (Å²) in [6, 6.07) is 12.6. The monoisotopic (exact) mass is 356 g/mol. The minimum atomic E-state index is -3.66. The molecule has 7 heteroatoms. The van der Waals surface area contributed by atoms with Crippen LogP contribution in [0.1, 0.15) is 17.5 Å². The van der Waals surface area contributed by atoms with Crippen molar-refractivity contribution in [1.29, 1.82) is 0 Å². The topological polar surface area (TPSA) is 84.5 Å². The van der Waals surface area contributed by atoms with Gasteiger partial charge in [-0.3, -0.25) is 9.52 Å². The molecule has 0 atom stereocenters. The van der Waals surface area contributed by atoms with Gasteiger partial charge in [0.05, 0.1) is 16.3 Å². The Balaban J connectivity index is 1.61. The molecule has 25 heavy (non-hydrogen) atoms. The molecule has 0 fully saturated rings. The number of allylic oxidation sites excluding steroid dienone is 1. The molecule has 1 amide bonds. The van der Waals surface area contributed by atoms with Crippen LogP contribution in [0, 0.1) is 0 Å². The molecule has 2 aliphatic rings. The standard InChI is InChI=1S/C18H16N2O4S/c21-18-11-24-17-8-6-14(10-16(17)19-18)20-25(22,23)15-7-5-12-3-1-2-4-13(12)9-15/h1-4,6,8-10,20H,5,7,11H2,(H,19,21). The molecule has 2 aromatic carbocycles. The van der Waals surface area contributed by atoms with E-state index in [1.165, 1.54) is 0 Å². The van der Waals surface area contributed by atoms with Crippen molar-refractivity contribution in [2.24, 2.45) is 0 Å². The summed E-state index contributed by atoms with van der Waals surface area (Å²) < 4.78 is 33.3. The van der Waals surface area contributed by atoms with Gasteiger partial charge >= 0.3 is 0 Å². The van der Waals surface area contributed by atoms with Crippen LogP contribution in [0.2, 0.25) is 0 Å². The van der Waals surface area contributed by atoms with Crippen molar-refractivity contribution in [3.8, 4) is 5.75 Å². The summed E-state index contributed by atoms with van der Waals surface area (Å²) in [5.74, 6) is 0.257. The minimum Gasteiger partial charge on any atom is -0.482 e. The fraction of sp³-hybridized carbons (Fsp3) is 0.167. The van der Waals surface area contributed by atoms with Crippen molar-refractivity contribution in [3.05, 3.63) is 58.5 Å². The number of carbonyl (C=O) groups excluding carboxylic acids is 1. The SMILES string of the molecule is O=C1COc2ccc(NS(=O)(=O)C3=Cc4ccccc4CC3)cc2N1. The summed E-state index contributed by atoms with van der Waals surface area (Å²) in [7, 11) is -3.66. The van der Waals surface area contributed by atoms with Gasteiger partial charge in [0.1, 0.15) is 5.75 Å². The molecule has 1 heterocycles. The van der Waals surface area contributed by atoms with Crippen LogP contribution in [-0.4, -0.2) is 20.9 Å². The fourth-order valence-electron chi connectivity index (χ4n) is 2.99. The average molecular weight is 356 g/mol. The number of hydrogen-bond acceptors (Lipinski definition) is 4. The van der Waals surface area contributed by atoms with E-state index in [0.717, 1.165) is 11.1 Å². The van der Waals surface area contributed by atoms with Gasteiger partial charge in [-0.2, -0.15) is 0 Å². The number of hydrogen-bond donors (Lipinski definition) is 2. The highest BCUT2D eigenvalue weighted by Crippen LogP contribution is 2.32. The average Bonchev–Trinajstić information content (AvgIpc) is 2.60. The molecular formula is C18H16N2O4S. The van der Waals surface area contributed by atoms with Crippen LogP contribution in [0.15, 0.2) is 47.4 Å². The van der Waals surface area contributed by atoms with Gasteiger partial charge in [0.15, 0.2) is 6.61 Å². The molecule has 1 aliphatic carbocycles. The number of nitrogens with one attached hydrogen (secondary N) is 2. The van der Waals surface area contributed by atoms with Gasteiger partial charge in [-0.05, 0) is 48.2 Å². The molecule has 1 aliphatic heterocycles. The van der Waals surface area contributed by atoms with Gasteiger partial charge in [-0.25, -0.2) is 8.42 Å². The number of aryl methyl sites for hydroxylation is 1. The third kappa shape index (κ3) is 3.10. The first kappa shape index (κ1) is 15.7. The van der Waals surface area contributed by atoms with Gasteiger partial charge in [-0.15, -0.1) is 0 Å². The minimum absolute atomic E-state index is 0.0373. The highest BCUT2D eigenvalue weighted by Gasteiger charge is 2.23. The Kier molecular flexibility index (Phi) is 3.73. The number of carbonyl (C=O) groups is 1. The van der Waals surface area contributed by atoms with E-state index in [0.29, 0.717) is 34.9 Å². The van der Waals surface area contributed by atoms with E-state index in [9.17, 15) is 13.2 Å². The Morgan fingerprint density at radius 2 is 1.92 bits per heavy atom. The number of fused-ring (bicyclic) bond motifs is 2. The highest BCUT2D eigenvalue weighted by atomic mass is 32.2. The molecule has 0 unspecified atom stereocenters. The summed E-state index contributed by atoms with van der Waals surface area (Å²) in [5.41, 5.74) is 2.92. The lowest BCUT2D eigenvalue weighted by Gasteiger charge is -2.20. The zero-order valence-electron chi connectivity index (χ0n) is 13.3. The molecule has 128 valence electrons. The summed E-state index contributed by atoms with van der Waals surface area (Å²) in [6.07, 6.45) is 2.86. The Labute approximate surface area is 145 Å². The Morgan fingerprint density at radius 1 is 1.08 bits per heavy atom. The lowest BCUT2D eigenvalue weighted by Crippen LogP contribution is -2.25. The quantitative estimate of drug-likeness (QED) is 0.886. The van der Waals surface area contributed by atoms with Crippen molar-refractivity contribution in [2.45, 2.75) is 12.8 Å². The molecule has 4 rings (SSSR count). The van der Waals surface area contributed by atoms with Crippen molar-refractivity contribution < 1.29 is 17.9 Å². The van der Waals surface area contributed by atoms with Crippen LogP contribution < -0.4 is 14.8 Å². The Bertz CT molecular complexity index is 996. The largest absolute Gasteiger partial charge is 0.482 e. The van der Waals surface area contributed by atoms with E-state index in [1.54, 1.807) is 24.3 Å². The maximum Gasteiger partial charge on any atom is 0.262 e. The molecule has 0 bridgehead atoms. The molecule has 0 radical (unpaired) electrons. The van der Waals surface area contributed by atoms with Gasteiger partial charge in [-0.1, -0.05) is 24.3 Å². The summed E-state index contributed by atoms with van der Waals surface area (Å²) in [4.78, 5) is 11.8. The number of benzene rings is 2. The second-order valence-corrected chi connectivity index (χ2v) is 7.70. The van der Waals surface area contributed by atoms with Crippen molar-refractivity contribution >= 4 is 33.4 Å². The number of amides is 1. The second-order valence-electron chi connectivity index (χ2n) is 5.96. The van der Waals surface area contributed by atoms with E-state index in [1.807, 2.05) is 24.3 Å². The molecule has 0 saturated heterocycles. The second kappa shape index (κ2) is 5.93. The first-order chi connectivity index (χ1) is 12.0. The van der Waals surface area contributed by atoms with Gasteiger partial charge in [0, 0.05) is 0 Å². The molecule has 0 aromatic heterocycles. The fourth-order valence-corrected chi connectivity index (χ4v) is 4.21. The van der Waals surface area contributed by atoms with Crippen molar-refractivity contribution in [2.75, 3.05) is 16.6 Å². The smallest absolute Gasteiger partial charge is 0.262 e. The summed E-state index contributed by atoms with van der Waals surface area (Å²) in [6.45, 7) is -0.0373. The van der Waals surface area contributed by atoms with Crippen LogP contribution >= 0.6 is 0 Å². The van der Waals surface area contributed by atoms with Gasteiger partial charge in [0.25, 0.3) is 15.9 Å². The predicted octanol–water partition coefficient (Wildman–Crippen LogP) is 2.75. The number of anilines is 2. The third-order valence-corrected chi connectivity index (χ3v) is 5.74. The van der Waals surface area contributed by atoms with Crippen LogP contribution in [0.3, 0.4) is 0 Å². The number of rotatable bonds is 3. The molecule has 0 spiro atoms. The Morgan fingerprint density at radius 3 is 2.80 bits per heavy atom. The summed E-state index contributed by atoms with van der Waals surface area (Å²) in [5, 5.41) is 2.67. The maximum atomic E-state index is 12.7. The van der Waals surface area contributed by atoms with Crippen LogP contribution in [0.5, 0.6) is 5.75 Å². The van der Waals surface area contributed by atoms with E-state index >= 15 is 0 Å². The molecule has 2 aromatic rings. The van der Waals surface area contributed by atoms with Crippen LogP contribution in [0.25, 0.3) is 6.08 Å². The molecule has 0 saturated carbocycles. The number of ether oxygens (including phenoxy) is 1. The van der Waals surface area contributed by atoms with E-state index in [2.05, 4.69) is 10.0 Å². The molecule has 6 nitrogen and oxygen atoms in total. The molecule has 2 N–H and O–H groups in total. The van der Waals surface area contributed by atoms with Crippen molar-refractivity contribution in [1.82, 2.24) is 0 Å². The first-order valence-electron chi connectivity index (χ1n) is 7.89. The lowest BCUT2D eigenvalue weighted by atomic mass is 9.98. The zero-order chi connectivity index (χ0) is 17.4. The highest BCUT2D eigenvalue weighted by molar-refractivity contribution is 7.96. The molecular weight excluding hydrogens is 340 g/mol. The zero-order valence-corrected chi connectivity index (χ0v) is 14.1.